The molecule has 0 aromatic carbocycles. The predicted octanol–water partition coefficient (Wildman–Crippen LogP) is 3.20. The van der Waals surface area contributed by atoms with Crippen molar-refractivity contribution in [2.24, 2.45) is 29.1 Å². The molecule has 0 aromatic rings. The van der Waals surface area contributed by atoms with Gasteiger partial charge in [0.1, 0.15) is 0 Å². The number of hydrogen-bond acceptors (Lipinski definition) is 4. The quantitative estimate of drug-likeness (QED) is 0.745. The van der Waals surface area contributed by atoms with Gasteiger partial charge in [0.15, 0.2) is 11.6 Å². The minimum Gasteiger partial charge on any atom is -0.387 e. The monoisotopic (exact) mass is 371 g/mol. The van der Waals surface area contributed by atoms with Crippen LogP contribution < -0.4 is 5.32 Å². The highest BCUT2D eigenvalue weighted by molar-refractivity contribution is 5.91. The van der Waals surface area contributed by atoms with Crippen LogP contribution >= 0.6 is 0 Å². The maximum atomic E-state index is 12.6. The molecule has 2 saturated carbocycles. The number of hydrogen-bond donors (Lipinski definition) is 2. The summed E-state index contributed by atoms with van der Waals surface area (Å²) in [5, 5.41) is 14.9. The molecule has 0 unspecified atom stereocenters. The number of rotatable bonds is 4. The second-order valence-corrected chi connectivity index (χ2v) is 9.36. The van der Waals surface area contributed by atoms with Crippen molar-refractivity contribution in [1.29, 1.82) is 0 Å². The summed E-state index contributed by atoms with van der Waals surface area (Å²) >= 11 is 0. The van der Waals surface area contributed by atoms with E-state index in [9.17, 15) is 14.7 Å². The summed E-state index contributed by atoms with van der Waals surface area (Å²) in [7, 11) is 1.79. The van der Waals surface area contributed by atoms with Crippen LogP contribution in [0.4, 0.5) is 0 Å². The third-order valence-corrected chi connectivity index (χ3v) is 8.41. The molecule has 2 N–H and O–H groups in total. The molecule has 27 heavy (non-hydrogen) atoms. The van der Waals surface area contributed by atoms with Gasteiger partial charge in [0, 0.05) is 18.3 Å². The largest absolute Gasteiger partial charge is 0.387 e. The molecule has 0 spiro atoms. The highest BCUT2D eigenvalue weighted by atomic mass is 16.3. The third-order valence-electron chi connectivity index (χ3n) is 8.41. The summed E-state index contributed by atoms with van der Waals surface area (Å²) in [5.41, 5.74) is -0.0545. The van der Waals surface area contributed by atoms with Crippen molar-refractivity contribution in [2.75, 3.05) is 7.05 Å². The van der Waals surface area contributed by atoms with E-state index in [1.54, 1.807) is 7.05 Å². The molecule has 0 heterocycles. The number of Topliss-reactive ketones (excluding diaryl/α,β-unsaturated/α-hetero) is 1. The average molecular weight is 372 g/mol. The first-order valence-corrected chi connectivity index (χ1v) is 10.7. The minimum atomic E-state index is -1.03. The number of carbonyl (C=O) groups excluding carboxylic acids is 2. The number of allylic oxidation sites excluding steroid dienone is 3. The second kappa shape index (κ2) is 6.66. The van der Waals surface area contributed by atoms with Crippen LogP contribution in [0, 0.1) is 29.1 Å². The molecule has 2 fully saturated rings. The SMILES string of the molecule is CCC(=O)[C@@H](NC)[C@@]1(O)CC[C@H]2[C@@H]3CCC4=CC(=O)CC[C@@H]4[C@@H]3C=C[C@@]21C. The van der Waals surface area contributed by atoms with Gasteiger partial charge in [-0.25, -0.2) is 0 Å². The molecule has 4 nitrogen and oxygen atoms in total. The zero-order chi connectivity index (χ0) is 19.4. The topological polar surface area (TPSA) is 66.4 Å². The number of fused-ring (bicyclic) bond motifs is 5. The van der Waals surface area contributed by atoms with Crippen molar-refractivity contribution < 1.29 is 14.7 Å². The molecule has 4 rings (SSSR count). The first-order chi connectivity index (χ1) is 12.9. The Hall–Kier alpha value is -1.26. The maximum absolute atomic E-state index is 12.6. The Morgan fingerprint density at radius 2 is 2.11 bits per heavy atom. The molecule has 0 aliphatic heterocycles. The zero-order valence-electron chi connectivity index (χ0n) is 16.8. The lowest BCUT2D eigenvalue weighted by atomic mass is 9.53. The number of carbonyl (C=O) groups is 2. The lowest BCUT2D eigenvalue weighted by molar-refractivity contribution is -0.136. The van der Waals surface area contributed by atoms with Crippen LogP contribution in [-0.4, -0.2) is 35.4 Å². The van der Waals surface area contributed by atoms with Crippen molar-refractivity contribution >= 4 is 11.6 Å². The van der Waals surface area contributed by atoms with E-state index >= 15 is 0 Å². The van der Waals surface area contributed by atoms with Gasteiger partial charge in [0.25, 0.3) is 0 Å². The molecule has 0 saturated heterocycles. The van der Waals surface area contributed by atoms with Crippen LogP contribution in [0.1, 0.15) is 58.8 Å². The molecule has 0 bridgehead atoms. The van der Waals surface area contributed by atoms with Gasteiger partial charge in [-0.05, 0) is 68.9 Å². The molecular weight excluding hydrogens is 338 g/mol. The standard InChI is InChI=1S/C23H33NO3/c1-4-20(26)21(24-3)23(27)12-10-19-18-7-5-14-13-15(25)6-8-16(14)17(18)9-11-22(19,23)2/h9,11,13,16-19,21,24,27H,4-8,10,12H2,1-3H3/t16-,17-,18+,19-,21+,22-,23-/m0/s1. The first-order valence-electron chi connectivity index (χ1n) is 10.7. The van der Waals surface area contributed by atoms with E-state index in [0.717, 1.165) is 25.7 Å². The summed E-state index contributed by atoms with van der Waals surface area (Å²) in [6.45, 7) is 4.04. The number of ketones is 2. The Bertz CT molecular complexity index is 710. The molecule has 0 aromatic heterocycles. The number of likely N-dealkylation sites (N-methyl/N-ethyl adjacent to an activating group) is 1. The lowest BCUT2D eigenvalue weighted by Crippen LogP contribution is -2.62. The van der Waals surface area contributed by atoms with Crippen molar-refractivity contribution in [2.45, 2.75) is 70.4 Å². The zero-order valence-corrected chi connectivity index (χ0v) is 16.8. The van der Waals surface area contributed by atoms with Crippen molar-refractivity contribution in [1.82, 2.24) is 5.32 Å². The van der Waals surface area contributed by atoms with Gasteiger partial charge in [-0.2, -0.15) is 0 Å². The minimum absolute atomic E-state index is 0.0945. The van der Waals surface area contributed by atoms with E-state index in [1.807, 2.05) is 13.0 Å². The summed E-state index contributed by atoms with van der Waals surface area (Å²) in [4.78, 5) is 24.4. The van der Waals surface area contributed by atoms with Crippen LogP contribution in [-0.2, 0) is 9.59 Å². The normalized spacial score (nSPS) is 44.1. The number of aliphatic hydroxyl groups is 1. The van der Waals surface area contributed by atoms with Gasteiger partial charge < -0.3 is 10.4 Å². The molecule has 4 heteroatoms. The molecule has 4 aliphatic rings. The second-order valence-electron chi connectivity index (χ2n) is 9.36. The molecule has 148 valence electrons. The third kappa shape index (κ3) is 2.63. The van der Waals surface area contributed by atoms with Crippen molar-refractivity contribution in [3.63, 3.8) is 0 Å². The fourth-order valence-electron chi connectivity index (χ4n) is 6.97. The van der Waals surface area contributed by atoms with E-state index in [1.165, 1.54) is 5.57 Å². The number of nitrogens with one attached hydrogen (secondary N) is 1. The highest BCUT2D eigenvalue weighted by Gasteiger charge is 2.63. The first kappa shape index (κ1) is 19.1. The van der Waals surface area contributed by atoms with Gasteiger partial charge in [0.2, 0.25) is 0 Å². The van der Waals surface area contributed by atoms with E-state index in [0.29, 0.717) is 42.9 Å². The van der Waals surface area contributed by atoms with Crippen molar-refractivity contribution in [3.8, 4) is 0 Å². The summed E-state index contributed by atoms with van der Waals surface area (Å²) < 4.78 is 0. The lowest BCUT2D eigenvalue weighted by Gasteiger charge is -2.53. The Kier molecular flexibility index (Phi) is 4.71. The Morgan fingerprint density at radius 1 is 1.33 bits per heavy atom. The van der Waals surface area contributed by atoms with E-state index in [4.69, 9.17) is 0 Å². The fourth-order valence-corrected chi connectivity index (χ4v) is 6.97. The fraction of sp³-hybridized carbons (Fsp3) is 0.739. The van der Waals surface area contributed by atoms with Crippen LogP contribution in [0.25, 0.3) is 0 Å². The van der Waals surface area contributed by atoms with Gasteiger partial charge in [-0.15, -0.1) is 0 Å². The Morgan fingerprint density at radius 3 is 2.81 bits per heavy atom. The van der Waals surface area contributed by atoms with Gasteiger partial charge >= 0.3 is 0 Å². The van der Waals surface area contributed by atoms with Crippen LogP contribution in [0.3, 0.4) is 0 Å². The van der Waals surface area contributed by atoms with Gasteiger partial charge in [0.05, 0.1) is 11.6 Å². The van der Waals surface area contributed by atoms with Crippen LogP contribution in [0.5, 0.6) is 0 Å². The van der Waals surface area contributed by atoms with Crippen LogP contribution in [0.2, 0.25) is 0 Å². The molecule has 7 atom stereocenters. The average Bonchev–Trinajstić information content (AvgIpc) is 2.93. The molecular formula is C23H33NO3. The smallest absolute Gasteiger partial charge is 0.155 e. The highest BCUT2D eigenvalue weighted by Crippen LogP contribution is 2.63. The van der Waals surface area contributed by atoms with Crippen LogP contribution in [0.15, 0.2) is 23.8 Å². The Balaban J connectivity index is 1.69. The van der Waals surface area contributed by atoms with E-state index < -0.39 is 11.6 Å². The van der Waals surface area contributed by atoms with E-state index in [-0.39, 0.29) is 17.0 Å². The van der Waals surface area contributed by atoms with Gasteiger partial charge in [-0.1, -0.05) is 31.6 Å². The van der Waals surface area contributed by atoms with Gasteiger partial charge in [-0.3, -0.25) is 9.59 Å². The summed E-state index contributed by atoms with van der Waals surface area (Å²) in [6, 6.07) is -0.509. The summed E-state index contributed by atoms with van der Waals surface area (Å²) in [5.74, 6) is 2.30. The predicted molar refractivity (Wildman–Crippen MR) is 105 cm³/mol. The van der Waals surface area contributed by atoms with Crippen molar-refractivity contribution in [3.05, 3.63) is 23.8 Å². The molecule has 0 radical (unpaired) electrons. The molecule has 4 aliphatic carbocycles. The maximum Gasteiger partial charge on any atom is 0.155 e. The Labute approximate surface area is 162 Å². The molecule has 0 amide bonds. The summed E-state index contributed by atoms with van der Waals surface area (Å²) in [6.07, 6.45) is 12.3. The van der Waals surface area contributed by atoms with E-state index in [2.05, 4.69) is 24.4 Å².